The zero-order valence-electron chi connectivity index (χ0n) is 17.6. The number of hydrogen-bond acceptors (Lipinski definition) is 5. The zero-order chi connectivity index (χ0) is 23.8. The maximum atomic E-state index is 12.9. The molecule has 4 aromatic rings. The Hall–Kier alpha value is -4.32. The van der Waals surface area contributed by atoms with E-state index in [2.05, 4.69) is 15.0 Å². The molecule has 0 atom stereocenters. The van der Waals surface area contributed by atoms with Gasteiger partial charge in [0.05, 0.1) is 11.1 Å². The normalized spacial score (nSPS) is 11.3. The third-order valence-corrected chi connectivity index (χ3v) is 5.15. The SMILES string of the molecule is Cc1cc(-c2ncc3cc(C(F)(F)F)ccc3n2)ccc1N(C)C(=O)c1ccnc(C#N)c1. The minimum absolute atomic E-state index is 0.150. The van der Waals surface area contributed by atoms with Gasteiger partial charge in [-0.25, -0.2) is 15.0 Å². The number of aromatic nitrogens is 3. The van der Waals surface area contributed by atoms with Crippen molar-refractivity contribution in [1.29, 1.82) is 5.26 Å². The first kappa shape index (κ1) is 21.9. The third-order valence-electron chi connectivity index (χ3n) is 5.15. The Kier molecular flexibility index (Phi) is 5.52. The Morgan fingerprint density at radius 1 is 1.06 bits per heavy atom. The third kappa shape index (κ3) is 4.36. The molecular formula is C24H16F3N5O. The predicted molar refractivity (Wildman–Crippen MR) is 116 cm³/mol. The quantitative estimate of drug-likeness (QED) is 0.433. The van der Waals surface area contributed by atoms with Gasteiger partial charge in [-0.05, 0) is 61.0 Å². The number of hydrogen-bond donors (Lipinski definition) is 0. The number of amides is 1. The van der Waals surface area contributed by atoms with Crippen molar-refractivity contribution in [3.8, 4) is 17.5 Å². The largest absolute Gasteiger partial charge is 0.416 e. The molecule has 0 saturated heterocycles. The monoisotopic (exact) mass is 447 g/mol. The number of fused-ring (bicyclic) bond motifs is 1. The molecule has 2 aromatic carbocycles. The van der Waals surface area contributed by atoms with Gasteiger partial charge in [0.15, 0.2) is 5.82 Å². The minimum atomic E-state index is -4.43. The van der Waals surface area contributed by atoms with Crippen LogP contribution in [0.2, 0.25) is 0 Å². The lowest BCUT2D eigenvalue weighted by Gasteiger charge is -2.20. The summed E-state index contributed by atoms with van der Waals surface area (Å²) in [5.74, 6) is 0.0610. The predicted octanol–water partition coefficient (Wildman–Crippen LogP) is 5.17. The molecule has 6 nitrogen and oxygen atoms in total. The van der Waals surface area contributed by atoms with Crippen LogP contribution in [0.4, 0.5) is 18.9 Å². The van der Waals surface area contributed by atoms with E-state index in [1.54, 1.807) is 25.2 Å². The van der Waals surface area contributed by atoms with E-state index in [1.807, 2.05) is 13.0 Å². The number of benzene rings is 2. The summed E-state index contributed by atoms with van der Waals surface area (Å²) in [6, 6.07) is 13.5. The lowest BCUT2D eigenvalue weighted by Crippen LogP contribution is -2.27. The Balaban J connectivity index is 1.63. The molecular weight excluding hydrogens is 431 g/mol. The average Bonchev–Trinajstić information content (AvgIpc) is 2.81. The smallest absolute Gasteiger partial charge is 0.311 e. The standard InChI is InChI=1S/C24H16F3N5O/c1-14-9-15(22-30-13-17-10-18(24(25,26)27)4-5-20(17)31-22)3-6-21(14)32(2)23(33)16-7-8-29-19(11-16)12-28/h3-11,13H,1-2H3. The minimum Gasteiger partial charge on any atom is -0.311 e. The first-order valence-electron chi connectivity index (χ1n) is 9.76. The van der Waals surface area contributed by atoms with E-state index in [0.717, 1.165) is 17.7 Å². The van der Waals surface area contributed by atoms with E-state index in [1.165, 1.54) is 35.5 Å². The number of aryl methyl sites for hydroxylation is 1. The van der Waals surface area contributed by atoms with Crippen LogP contribution in [-0.4, -0.2) is 27.9 Å². The first-order valence-corrected chi connectivity index (χ1v) is 9.76. The second-order valence-corrected chi connectivity index (χ2v) is 7.37. The van der Waals surface area contributed by atoms with Gasteiger partial charge in [0, 0.05) is 41.6 Å². The summed E-state index contributed by atoms with van der Waals surface area (Å²) in [7, 11) is 1.63. The topological polar surface area (TPSA) is 82.8 Å². The van der Waals surface area contributed by atoms with Crippen LogP contribution in [0.5, 0.6) is 0 Å². The number of halogens is 3. The lowest BCUT2D eigenvalue weighted by atomic mass is 10.1. The van der Waals surface area contributed by atoms with Crippen molar-refractivity contribution < 1.29 is 18.0 Å². The van der Waals surface area contributed by atoms with Gasteiger partial charge in [0.2, 0.25) is 0 Å². The molecule has 2 aromatic heterocycles. The number of carbonyl (C=O) groups excluding carboxylic acids is 1. The summed E-state index contributed by atoms with van der Waals surface area (Å²) in [6.07, 6.45) is -1.66. The molecule has 0 radical (unpaired) electrons. The van der Waals surface area contributed by atoms with E-state index < -0.39 is 11.7 Å². The van der Waals surface area contributed by atoms with Gasteiger partial charge in [-0.15, -0.1) is 0 Å². The first-order chi connectivity index (χ1) is 15.7. The molecule has 0 fully saturated rings. The molecule has 0 bridgehead atoms. The Morgan fingerprint density at radius 3 is 2.55 bits per heavy atom. The van der Waals surface area contributed by atoms with E-state index >= 15 is 0 Å². The fraction of sp³-hybridized carbons (Fsp3) is 0.125. The highest BCUT2D eigenvalue weighted by molar-refractivity contribution is 6.06. The van der Waals surface area contributed by atoms with Crippen LogP contribution in [0.1, 0.15) is 27.2 Å². The van der Waals surface area contributed by atoms with Crippen LogP contribution in [0.15, 0.2) is 60.9 Å². The highest BCUT2D eigenvalue weighted by atomic mass is 19.4. The lowest BCUT2D eigenvalue weighted by molar-refractivity contribution is -0.137. The number of nitriles is 1. The molecule has 2 heterocycles. The highest BCUT2D eigenvalue weighted by Gasteiger charge is 2.30. The summed E-state index contributed by atoms with van der Waals surface area (Å²) in [5, 5.41) is 9.29. The maximum Gasteiger partial charge on any atom is 0.416 e. The van der Waals surface area contributed by atoms with Gasteiger partial charge >= 0.3 is 6.18 Å². The summed E-state index contributed by atoms with van der Waals surface area (Å²) in [4.78, 5) is 26.8. The van der Waals surface area contributed by atoms with Crippen LogP contribution in [-0.2, 0) is 6.18 Å². The molecule has 0 saturated carbocycles. The molecule has 0 unspecified atom stereocenters. The van der Waals surface area contributed by atoms with Gasteiger partial charge in [0.25, 0.3) is 5.91 Å². The van der Waals surface area contributed by atoms with Gasteiger partial charge in [-0.3, -0.25) is 4.79 Å². The van der Waals surface area contributed by atoms with Crippen LogP contribution < -0.4 is 4.90 Å². The molecule has 9 heteroatoms. The molecule has 4 rings (SSSR count). The summed E-state index contributed by atoms with van der Waals surface area (Å²) < 4.78 is 38.8. The molecule has 0 aliphatic heterocycles. The second-order valence-electron chi connectivity index (χ2n) is 7.37. The Labute approximate surface area is 187 Å². The van der Waals surface area contributed by atoms with E-state index in [0.29, 0.717) is 33.5 Å². The van der Waals surface area contributed by atoms with Crippen molar-refractivity contribution in [2.45, 2.75) is 13.1 Å². The van der Waals surface area contributed by atoms with Crippen molar-refractivity contribution in [2.24, 2.45) is 0 Å². The van der Waals surface area contributed by atoms with E-state index in [-0.39, 0.29) is 11.6 Å². The Bertz CT molecular complexity index is 1430. The van der Waals surface area contributed by atoms with Crippen molar-refractivity contribution in [1.82, 2.24) is 15.0 Å². The number of carbonyl (C=O) groups is 1. The summed E-state index contributed by atoms with van der Waals surface area (Å²) in [5.41, 5.74) is 2.21. The van der Waals surface area contributed by atoms with Gasteiger partial charge in [-0.2, -0.15) is 18.4 Å². The van der Waals surface area contributed by atoms with Crippen LogP contribution in [0.3, 0.4) is 0 Å². The zero-order valence-corrected chi connectivity index (χ0v) is 17.6. The van der Waals surface area contributed by atoms with Gasteiger partial charge in [0.1, 0.15) is 11.8 Å². The van der Waals surface area contributed by atoms with Crippen molar-refractivity contribution in [3.63, 3.8) is 0 Å². The fourth-order valence-electron chi connectivity index (χ4n) is 3.45. The highest BCUT2D eigenvalue weighted by Crippen LogP contribution is 2.32. The van der Waals surface area contributed by atoms with E-state index in [4.69, 9.17) is 5.26 Å². The average molecular weight is 447 g/mol. The number of anilines is 1. The number of nitrogens with zero attached hydrogens (tertiary/aromatic N) is 5. The number of rotatable bonds is 3. The van der Waals surface area contributed by atoms with Crippen LogP contribution >= 0.6 is 0 Å². The molecule has 33 heavy (non-hydrogen) atoms. The maximum absolute atomic E-state index is 12.9. The van der Waals surface area contributed by atoms with Crippen molar-refractivity contribution in [2.75, 3.05) is 11.9 Å². The number of pyridine rings is 1. The Morgan fingerprint density at radius 2 is 1.85 bits per heavy atom. The molecule has 0 aliphatic carbocycles. The second kappa shape index (κ2) is 8.31. The summed E-state index contributed by atoms with van der Waals surface area (Å²) in [6.45, 7) is 1.83. The molecule has 164 valence electrons. The molecule has 1 amide bonds. The summed E-state index contributed by atoms with van der Waals surface area (Å²) >= 11 is 0. The fourth-order valence-corrected chi connectivity index (χ4v) is 3.45. The number of alkyl halides is 3. The van der Waals surface area contributed by atoms with E-state index in [9.17, 15) is 18.0 Å². The van der Waals surface area contributed by atoms with Gasteiger partial charge < -0.3 is 4.90 Å². The van der Waals surface area contributed by atoms with Gasteiger partial charge in [-0.1, -0.05) is 0 Å². The molecule has 0 aliphatic rings. The van der Waals surface area contributed by atoms with Crippen molar-refractivity contribution in [3.05, 3.63) is 83.3 Å². The molecule has 0 N–H and O–H groups in total. The van der Waals surface area contributed by atoms with Crippen LogP contribution in [0, 0.1) is 18.3 Å². The van der Waals surface area contributed by atoms with Crippen molar-refractivity contribution >= 4 is 22.5 Å². The van der Waals surface area contributed by atoms with Crippen LogP contribution in [0.25, 0.3) is 22.3 Å². The molecule has 0 spiro atoms.